The fraction of sp³-hybridized carbons (Fsp3) is 0.292. The molecule has 7 heteroatoms. The van der Waals surface area contributed by atoms with Crippen molar-refractivity contribution in [3.8, 4) is 5.75 Å². The van der Waals surface area contributed by atoms with E-state index in [9.17, 15) is 9.59 Å². The van der Waals surface area contributed by atoms with Crippen molar-refractivity contribution >= 4 is 37.4 Å². The summed E-state index contributed by atoms with van der Waals surface area (Å²) >= 11 is 1.57. The molecule has 0 fully saturated rings. The van der Waals surface area contributed by atoms with Crippen molar-refractivity contribution in [3.63, 3.8) is 0 Å². The second-order valence-electron chi connectivity index (χ2n) is 7.41. The Morgan fingerprint density at radius 3 is 2.71 bits per heavy atom. The quantitative estimate of drug-likeness (QED) is 0.471. The van der Waals surface area contributed by atoms with E-state index in [4.69, 9.17) is 4.74 Å². The molecular formula is C24H25N3O3S. The fourth-order valence-electron chi connectivity index (χ4n) is 3.91. The van der Waals surface area contributed by atoms with E-state index in [1.807, 2.05) is 62.4 Å². The molecule has 1 N–H and O–H groups in total. The standard InChI is InChI=1S/C24H25N3O3S/c1-4-18(23(28)25-14-13-16-9-5-7-11-19(16)30-3)27-24(29)21-17-10-6-8-12-20(17)31-22(21)15(2)26-27/h5-12,18H,4,13-14H2,1-3H3,(H,25,28). The number of thiophene rings is 1. The average Bonchev–Trinajstić information content (AvgIpc) is 3.18. The molecule has 0 radical (unpaired) electrons. The van der Waals surface area contributed by atoms with Crippen LogP contribution in [0.15, 0.2) is 53.3 Å². The van der Waals surface area contributed by atoms with Gasteiger partial charge in [-0.15, -0.1) is 11.3 Å². The number of carbonyl (C=O) groups is 1. The van der Waals surface area contributed by atoms with Crippen molar-refractivity contribution < 1.29 is 9.53 Å². The molecule has 160 valence electrons. The largest absolute Gasteiger partial charge is 0.496 e. The molecule has 0 spiro atoms. The predicted octanol–water partition coefficient (Wildman–Crippen LogP) is 4.24. The number of ether oxygens (including phenoxy) is 1. The van der Waals surface area contributed by atoms with Gasteiger partial charge >= 0.3 is 0 Å². The molecule has 4 aromatic rings. The van der Waals surface area contributed by atoms with E-state index >= 15 is 0 Å². The lowest BCUT2D eigenvalue weighted by molar-refractivity contribution is -0.124. The van der Waals surface area contributed by atoms with Crippen LogP contribution < -0.4 is 15.6 Å². The number of aromatic nitrogens is 2. The molecule has 2 heterocycles. The van der Waals surface area contributed by atoms with E-state index in [1.54, 1.807) is 18.4 Å². The second-order valence-corrected chi connectivity index (χ2v) is 8.47. The van der Waals surface area contributed by atoms with Gasteiger partial charge in [-0.1, -0.05) is 43.3 Å². The molecule has 0 saturated carbocycles. The number of nitrogens with zero attached hydrogens (tertiary/aromatic N) is 2. The molecule has 0 aliphatic heterocycles. The minimum absolute atomic E-state index is 0.203. The van der Waals surface area contributed by atoms with Crippen molar-refractivity contribution in [2.75, 3.05) is 13.7 Å². The Bertz CT molecular complexity index is 1310. The number of carbonyl (C=O) groups excluding carboxylic acids is 1. The smallest absolute Gasteiger partial charge is 0.276 e. The normalized spacial score (nSPS) is 12.2. The Morgan fingerprint density at radius 1 is 1.19 bits per heavy atom. The maximum atomic E-state index is 13.3. The zero-order valence-electron chi connectivity index (χ0n) is 17.8. The number of rotatable bonds is 7. The van der Waals surface area contributed by atoms with Crippen LogP contribution in [-0.4, -0.2) is 29.3 Å². The highest BCUT2D eigenvalue weighted by Crippen LogP contribution is 2.33. The van der Waals surface area contributed by atoms with Gasteiger partial charge in [-0.3, -0.25) is 9.59 Å². The molecular weight excluding hydrogens is 410 g/mol. The third kappa shape index (κ3) is 3.93. The Hall–Kier alpha value is -3.19. The topological polar surface area (TPSA) is 73.2 Å². The number of methoxy groups -OCH3 is 1. The summed E-state index contributed by atoms with van der Waals surface area (Å²) in [4.78, 5) is 26.3. The lowest BCUT2D eigenvalue weighted by Crippen LogP contribution is -2.39. The van der Waals surface area contributed by atoms with Crippen LogP contribution in [0.1, 0.15) is 30.6 Å². The number of fused-ring (bicyclic) bond motifs is 3. The Kier molecular flexibility index (Phi) is 6.04. The third-order valence-corrected chi connectivity index (χ3v) is 6.75. The molecule has 6 nitrogen and oxygen atoms in total. The summed E-state index contributed by atoms with van der Waals surface area (Å²) in [6, 6.07) is 14.9. The van der Waals surface area contributed by atoms with Crippen molar-refractivity contribution in [1.82, 2.24) is 15.1 Å². The van der Waals surface area contributed by atoms with Crippen LogP contribution in [0.2, 0.25) is 0 Å². The summed E-state index contributed by atoms with van der Waals surface area (Å²) in [7, 11) is 1.63. The lowest BCUT2D eigenvalue weighted by atomic mass is 10.1. The summed E-state index contributed by atoms with van der Waals surface area (Å²) in [6.07, 6.45) is 1.11. The molecule has 0 aliphatic carbocycles. The Balaban J connectivity index is 1.61. The highest BCUT2D eigenvalue weighted by molar-refractivity contribution is 7.26. The van der Waals surface area contributed by atoms with E-state index in [1.165, 1.54) is 4.68 Å². The highest BCUT2D eigenvalue weighted by Gasteiger charge is 2.24. The minimum atomic E-state index is -0.660. The van der Waals surface area contributed by atoms with Gasteiger partial charge in [-0.05, 0) is 37.5 Å². The molecule has 1 amide bonds. The number of aryl methyl sites for hydroxylation is 1. The first-order valence-electron chi connectivity index (χ1n) is 10.4. The summed E-state index contributed by atoms with van der Waals surface area (Å²) in [5, 5.41) is 9.04. The number of amides is 1. The number of para-hydroxylation sites is 1. The van der Waals surface area contributed by atoms with Gasteiger partial charge in [0.1, 0.15) is 11.8 Å². The van der Waals surface area contributed by atoms with Crippen molar-refractivity contribution in [3.05, 3.63) is 70.1 Å². The zero-order chi connectivity index (χ0) is 22.0. The van der Waals surface area contributed by atoms with Gasteiger partial charge in [0.2, 0.25) is 5.91 Å². The molecule has 1 unspecified atom stereocenters. The van der Waals surface area contributed by atoms with E-state index in [0.717, 1.165) is 31.8 Å². The molecule has 0 saturated heterocycles. The van der Waals surface area contributed by atoms with Crippen LogP contribution in [0.25, 0.3) is 20.2 Å². The Morgan fingerprint density at radius 2 is 1.94 bits per heavy atom. The first kappa shape index (κ1) is 21.1. The first-order valence-corrected chi connectivity index (χ1v) is 11.2. The molecule has 31 heavy (non-hydrogen) atoms. The lowest BCUT2D eigenvalue weighted by Gasteiger charge is -2.18. The van der Waals surface area contributed by atoms with Gasteiger partial charge in [0.15, 0.2) is 0 Å². The van der Waals surface area contributed by atoms with Crippen LogP contribution in [0.4, 0.5) is 0 Å². The van der Waals surface area contributed by atoms with E-state index in [-0.39, 0.29) is 11.5 Å². The van der Waals surface area contributed by atoms with E-state index in [0.29, 0.717) is 24.8 Å². The van der Waals surface area contributed by atoms with Crippen LogP contribution in [0.5, 0.6) is 5.75 Å². The highest BCUT2D eigenvalue weighted by atomic mass is 32.1. The summed E-state index contributed by atoms with van der Waals surface area (Å²) in [5.41, 5.74) is 1.57. The predicted molar refractivity (Wildman–Crippen MR) is 125 cm³/mol. The number of nitrogens with one attached hydrogen (secondary N) is 1. The first-order chi connectivity index (χ1) is 15.0. The van der Waals surface area contributed by atoms with E-state index < -0.39 is 6.04 Å². The number of hydrogen-bond donors (Lipinski definition) is 1. The monoisotopic (exact) mass is 435 g/mol. The number of hydrogen-bond acceptors (Lipinski definition) is 5. The van der Waals surface area contributed by atoms with Crippen molar-refractivity contribution in [2.45, 2.75) is 32.7 Å². The van der Waals surface area contributed by atoms with Crippen LogP contribution in [0, 0.1) is 6.92 Å². The molecule has 1 atom stereocenters. The SMILES string of the molecule is CCC(C(=O)NCCc1ccccc1OC)n1nc(C)c2sc3ccccc3c2c1=O. The van der Waals surface area contributed by atoms with Gasteiger partial charge in [0.05, 0.1) is 22.9 Å². The molecule has 0 aliphatic rings. The van der Waals surface area contributed by atoms with Crippen LogP contribution >= 0.6 is 11.3 Å². The maximum Gasteiger partial charge on any atom is 0.276 e. The Labute approximate surface area is 184 Å². The van der Waals surface area contributed by atoms with Crippen LogP contribution in [-0.2, 0) is 11.2 Å². The van der Waals surface area contributed by atoms with Gasteiger partial charge in [-0.2, -0.15) is 5.10 Å². The fourth-order valence-corrected chi connectivity index (χ4v) is 5.04. The number of benzene rings is 2. The van der Waals surface area contributed by atoms with Crippen LogP contribution in [0.3, 0.4) is 0 Å². The second kappa shape index (κ2) is 8.89. The maximum absolute atomic E-state index is 13.3. The zero-order valence-corrected chi connectivity index (χ0v) is 18.7. The van der Waals surface area contributed by atoms with Gasteiger partial charge in [-0.25, -0.2) is 4.68 Å². The van der Waals surface area contributed by atoms with Gasteiger partial charge in [0.25, 0.3) is 5.56 Å². The van der Waals surface area contributed by atoms with Crippen molar-refractivity contribution in [1.29, 1.82) is 0 Å². The minimum Gasteiger partial charge on any atom is -0.496 e. The third-order valence-electron chi connectivity index (χ3n) is 5.47. The van der Waals surface area contributed by atoms with Crippen molar-refractivity contribution in [2.24, 2.45) is 0 Å². The average molecular weight is 436 g/mol. The molecule has 0 bridgehead atoms. The molecule has 4 rings (SSSR count). The van der Waals surface area contributed by atoms with E-state index in [2.05, 4.69) is 10.4 Å². The molecule has 2 aromatic carbocycles. The summed E-state index contributed by atoms with van der Waals surface area (Å²) in [6.45, 7) is 4.23. The summed E-state index contributed by atoms with van der Waals surface area (Å²) < 4.78 is 8.66. The van der Waals surface area contributed by atoms with Gasteiger partial charge < -0.3 is 10.1 Å². The van der Waals surface area contributed by atoms with Gasteiger partial charge in [0, 0.05) is 16.6 Å². The summed E-state index contributed by atoms with van der Waals surface area (Å²) in [5.74, 6) is 0.595. The molecule has 2 aromatic heterocycles.